The molecule has 116 valence electrons. The third-order valence-electron chi connectivity index (χ3n) is 4.97. The second-order valence-electron chi connectivity index (χ2n) is 6.24. The zero-order valence-corrected chi connectivity index (χ0v) is 13.3. The molecule has 1 N–H and O–H groups in total. The molecule has 1 aromatic heterocycles. The molecule has 21 heavy (non-hydrogen) atoms. The lowest BCUT2D eigenvalue weighted by Crippen LogP contribution is -2.47. The van der Waals surface area contributed by atoms with Gasteiger partial charge in [-0.2, -0.15) is 0 Å². The maximum atomic E-state index is 4.51. The molecule has 2 aliphatic rings. The van der Waals surface area contributed by atoms with Crippen molar-refractivity contribution in [1.29, 1.82) is 0 Å². The Hall–Kier alpha value is -1.36. The average molecular weight is 289 g/mol. The number of nitrogens with one attached hydrogen (secondary N) is 1. The summed E-state index contributed by atoms with van der Waals surface area (Å²) in [5, 5.41) is 3.15. The normalized spacial score (nSPS) is 21.5. The molecule has 0 unspecified atom stereocenters. The molecule has 0 aromatic carbocycles. The van der Waals surface area contributed by atoms with Gasteiger partial charge in [0, 0.05) is 31.7 Å². The summed E-state index contributed by atoms with van der Waals surface area (Å²) >= 11 is 0. The van der Waals surface area contributed by atoms with Gasteiger partial charge in [0.25, 0.3) is 0 Å². The van der Waals surface area contributed by atoms with E-state index in [4.69, 9.17) is 0 Å². The summed E-state index contributed by atoms with van der Waals surface area (Å²) in [6.07, 6.45) is 8.39. The highest BCUT2D eigenvalue weighted by Gasteiger charge is 2.26. The first-order valence-corrected chi connectivity index (χ1v) is 8.28. The van der Waals surface area contributed by atoms with Crippen LogP contribution in [0.1, 0.15) is 37.7 Å². The highest BCUT2D eigenvalue weighted by molar-refractivity contribution is 5.57. The van der Waals surface area contributed by atoms with E-state index in [1.54, 1.807) is 6.33 Å². The van der Waals surface area contributed by atoms with Crippen LogP contribution in [0.15, 0.2) is 6.33 Å². The SMILES string of the molecule is CNc1ncnc(N2CCC(N3CCCCC3)CC2)c1C. The summed E-state index contributed by atoms with van der Waals surface area (Å²) in [6.45, 7) is 6.95. The first kappa shape index (κ1) is 14.6. The van der Waals surface area contributed by atoms with Crippen molar-refractivity contribution in [2.24, 2.45) is 0 Å². The maximum absolute atomic E-state index is 4.51. The topological polar surface area (TPSA) is 44.3 Å². The van der Waals surface area contributed by atoms with E-state index >= 15 is 0 Å². The molecule has 1 aromatic rings. The third-order valence-corrected chi connectivity index (χ3v) is 4.97. The van der Waals surface area contributed by atoms with Crippen molar-refractivity contribution in [3.05, 3.63) is 11.9 Å². The van der Waals surface area contributed by atoms with Gasteiger partial charge in [0.05, 0.1) is 0 Å². The summed E-state index contributed by atoms with van der Waals surface area (Å²) in [4.78, 5) is 13.9. The van der Waals surface area contributed by atoms with Gasteiger partial charge < -0.3 is 15.1 Å². The van der Waals surface area contributed by atoms with Crippen LogP contribution in [-0.2, 0) is 0 Å². The van der Waals surface area contributed by atoms with Gasteiger partial charge in [0.1, 0.15) is 18.0 Å². The molecular formula is C16H27N5. The molecule has 0 spiro atoms. The van der Waals surface area contributed by atoms with Crippen molar-refractivity contribution in [3.63, 3.8) is 0 Å². The molecule has 2 aliphatic heterocycles. The Bertz CT molecular complexity index is 462. The number of aromatic nitrogens is 2. The molecule has 0 atom stereocenters. The van der Waals surface area contributed by atoms with Crippen molar-refractivity contribution >= 4 is 11.6 Å². The molecule has 0 aliphatic carbocycles. The first-order valence-electron chi connectivity index (χ1n) is 8.28. The average Bonchev–Trinajstić information content (AvgIpc) is 2.56. The Morgan fingerprint density at radius 2 is 1.76 bits per heavy atom. The van der Waals surface area contributed by atoms with Gasteiger partial charge in [-0.05, 0) is 45.7 Å². The largest absolute Gasteiger partial charge is 0.373 e. The number of likely N-dealkylation sites (tertiary alicyclic amines) is 1. The summed E-state index contributed by atoms with van der Waals surface area (Å²) in [7, 11) is 1.92. The summed E-state index contributed by atoms with van der Waals surface area (Å²) in [5.74, 6) is 2.05. The Labute approximate surface area is 127 Å². The summed E-state index contributed by atoms with van der Waals surface area (Å²) < 4.78 is 0. The summed E-state index contributed by atoms with van der Waals surface area (Å²) in [5.41, 5.74) is 1.16. The van der Waals surface area contributed by atoms with Crippen LogP contribution in [0, 0.1) is 6.92 Å². The molecule has 0 saturated carbocycles. The van der Waals surface area contributed by atoms with Gasteiger partial charge in [-0.1, -0.05) is 6.42 Å². The second-order valence-corrected chi connectivity index (χ2v) is 6.24. The van der Waals surface area contributed by atoms with E-state index in [0.29, 0.717) is 0 Å². The minimum atomic E-state index is 0.785. The van der Waals surface area contributed by atoms with Crippen LogP contribution in [0.5, 0.6) is 0 Å². The zero-order chi connectivity index (χ0) is 14.7. The Balaban J connectivity index is 1.63. The fourth-order valence-electron chi connectivity index (χ4n) is 3.74. The van der Waals surface area contributed by atoms with Crippen LogP contribution in [0.2, 0.25) is 0 Å². The van der Waals surface area contributed by atoms with E-state index in [2.05, 4.69) is 32.0 Å². The molecule has 3 rings (SSSR count). The van der Waals surface area contributed by atoms with Crippen molar-refractivity contribution in [3.8, 4) is 0 Å². The van der Waals surface area contributed by atoms with Gasteiger partial charge in [-0.3, -0.25) is 0 Å². The minimum Gasteiger partial charge on any atom is -0.373 e. The van der Waals surface area contributed by atoms with Crippen LogP contribution >= 0.6 is 0 Å². The number of nitrogens with zero attached hydrogens (tertiary/aromatic N) is 4. The lowest BCUT2D eigenvalue weighted by molar-refractivity contribution is 0.141. The molecule has 0 radical (unpaired) electrons. The quantitative estimate of drug-likeness (QED) is 0.925. The Morgan fingerprint density at radius 1 is 1.05 bits per heavy atom. The maximum Gasteiger partial charge on any atom is 0.137 e. The molecule has 2 fully saturated rings. The molecule has 5 heteroatoms. The predicted octanol–water partition coefficient (Wildman–Crippen LogP) is 2.28. The summed E-state index contributed by atoms with van der Waals surface area (Å²) in [6, 6.07) is 0.785. The highest BCUT2D eigenvalue weighted by Crippen LogP contribution is 2.27. The third kappa shape index (κ3) is 3.12. The number of piperidine rings is 2. The minimum absolute atomic E-state index is 0.785. The monoisotopic (exact) mass is 289 g/mol. The van der Waals surface area contributed by atoms with Crippen LogP contribution in [0.25, 0.3) is 0 Å². The van der Waals surface area contributed by atoms with Gasteiger partial charge >= 0.3 is 0 Å². The Morgan fingerprint density at radius 3 is 2.43 bits per heavy atom. The molecule has 5 nitrogen and oxygen atoms in total. The van der Waals surface area contributed by atoms with E-state index in [9.17, 15) is 0 Å². The van der Waals surface area contributed by atoms with E-state index in [-0.39, 0.29) is 0 Å². The van der Waals surface area contributed by atoms with E-state index in [0.717, 1.165) is 36.3 Å². The van der Waals surface area contributed by atoms with Crippen LogP contribution < -0.4 is 10.2 Å². The van der Waals surface area contributed by atoms with Crippen LogP contribution in [0.3, 0.4) is 0 Å². The smallest absolute Gasteiger partial charge is 0.137 e. The Kier molecular flexibility index (Phi) is 4.58. The van der Waals surface area contributed by atoms with E-state index < -0.39 is 0 Å². The van der Waals surface area contributed by atoms with Crippen molar-refractivity contribution < 1.29 is 0 Å². The van der Waals surface area contributed by atoms with E-state index in [1.165, 1.54) is 45.2 Å². The zero-order valence-electron chi connectivity index (χ0n) is 13.3. The number of anilines is 2. The molecule has 0 amide bonds. The highest BCUT2D eigenvalue weighted by atomic mass is 15.2. The molecular weight excluding hydrogens is 262 g/mol. The second kappa shape index (κ2) is 6.60. The fraction of sp³-hybridized carbons (Fsp3) is 0.750. The molecule has 2 saturated heterocycles. The first-order chi connectivity index (χ1) is 10.3. The lowest BCUT2D eigenvalue weighted by atomic mass is 9.99. The standard InChI is InChI=1S/C16H27N5/c1-13-15(17-2)18-12-19-16(13)21-10-6-14(7-11-21)20-8-4-3-5-9-20/h12,14H,3-11H2,1-2H3,(H,17,18,19). The van der Waals surface area contributed by atoms with Gasteiger partial charge in [-0.15, -0.1) is 0 Å². The number of hydrogen-bond acceptors (Lipinski definition) is 5. The fourth-order valence-corrected chi connectivity index (χ4v) is 3.74. The van der Waals surface area contributed by atoms with Gasteiger partial charge in [0.2, 0.25) is 0 Å². The predicted molar refractivity (Wildman–Crippen MR) is 87.0 cm³/mol. The van der Waals surface area contributed by atoms with Crippen molar-refractivity contribution in [2.45, 2.75) is 45.1 Å². The van der Waals surface area contributed by atoms with Crippen molar-refractivity contribution in [1.82, 2.24) is 14.9 Å². The van der Waals surface area contributed by atoms with Crippen molar-refractivity contribution in [2.75, 3.05) is 43.4 Å². The molecule has 0 bridgehead atoms. The van der Waals surface area contributed by atoms with Crippen LogP contribution in [0.4, 0.5) is 11.6 Å². The number of hydrogen-bond donors (Lipinski definition) is 1. The van der Waals surface area contributed by atoms with Gasteiger partial charge in [-0.25, -0.2) is 9.97 Å². The van der Waals surface area contributed by atoms with Crippen LogP contribution in [-0.4, -0.2) is 54.1 Å². The number of rotatable bonds is 3. The van der Waals surface area contributed by atoms with Gasteiger partial charge in [0.15, 0.2) is 0 Å². The lowest BCUT2D eigenvalue weighted by Gasteiger charge is -2.40. The molecule has 3 heterocycles. The van der Waals surface area contributed by atoms with E-state index in [1.807, 2.05) is 7.05 Å².